The van der Waals surface area contributed by atoms with Crippen LogP contribution in [0.4, 0.5) is 0 Å². The Bertz CT molecular complexity index is 893. The van der Waals surface area contributed by atoms with E-state index < -0.39 is 0 Å². The first kappa shape index (κ1) is 19.7. The van der Waals surface area contributed by atoms with Crippen molar-refractivity contribution < 1.29 is 9.59 Å². The first-order valence-electron chi connectivity index (χ1n) is 10.6. The molecule has 0 spiro atoms. The molecule has 4 rings (SSSR count). The van der Waals surface area contributed by atoms with Crippen molar-refractivity contribution in [2.45, 2.75) is 58.5 Å². The molecule has 8 nitrogen and oxygen atoms in total. The quantitative estimate of drug-likeness (QED) is 0.764. The van der Waals surface area contributed by atoms with Gasteiger partial charge in [0, 0.05) is 69.9 Å². The molecular weight excluding hydrogens is 368 g/mol. The number of hydrogen-bond donors (Lipinski definition) is 0. The van der Waals surface area contributed by atoms with Crippen molar-refractivity contribution in [2.24, 2.45) is 7.05 Å². The van der Waals surface area contributed by atoms with Crippen molar-refractivity contribution in [1.82, 2.24) is 29.4 Å². The molecule has 1 saturated heterocycles. The van der Waals surface area contributed by atoms with E-state index in [9.17, 15) is 9.59 Å². The molecular formula is C21H30N6O2. The van der Waals surface area contributed by atoms with Crippen LogP contribution in [0.2, 0.25) is 0 Å². The molecule has 1 fully saturated rings. The molecule has 0 atom stereocenters. The predicted octanol–water partition coefficient (Wildman–Crippen LogP) is 1.46. The molecule has 2 amide bonds. The van der Waals surface area contributed by atoms with E-state index in [1.807, 2.05) is 34.6 Å². The Morgan fingerprint density at radius 2 is 1.86 bits per heavy atom. The zero-order chi connectivity index (χ0) is 20.4. The zero-order valence-electron chi connectivity index (χ0n) is 17.4. The average Bonchev–Trinajstić information content (AvgIpc) is 3.29. The lowest BCUT2D eigenvalue weighted by molar-refractivity contribution is -0.133. The summed E-state index contributed by atoms with van der Waals surface area (Å²) < 4.78 is 3.61. The minimum absolute atomic E-state index is 0.0675. The lowest BCUT2D eigenvalue weighted by Gasteiger charge is -2.28. The van der Waals surface area contributed by atoms with Gasteiger partial charge in [-0.3, -0.25) is 19.0 Å². The molecule has 0 aliphatic carbocycles. The van der Waals surface area contributed by atoms with Crippen molar-refractivity contribution in [3.05, 3.63) is 34.9 Å². The number of likely N-dealkylation sites (tertiary alicyclic amines) is 1. The second-order valence-electron chi connectivity index (χ2n) is 8.22. The first-order valence-corrected chi connectivity index (χ1v) is 10.6. The van der Waals surface area contributed by atoms with Gasteiger partial charge in [-0.2, -0.15) is 10.2 Å². The minimum Gasteiger partial charge on any atom is -0.343 e. The highest BCUT2D eigenvalue weighted by molar-refractivity contribution is 5.77. The number of hydrogen-bond acceptors (Lipinski definition) is 4. The number of aryl methyl sites for hydroxylation is 3. The molecule has 0 saturated carbocycles. The fourth-order valence-electron chi connectivity index (χ4n) is 4.40. The van der Waals surface area contributed by atoms with Gasteiger partial charge in [0.15, 0.2) is 0 Å². The molecule has 0 bridgehead atoms. The molecule has 0 radical (unpaired) electrons. The Morgan fingerprint density at radius 3 is 2.59 bits per heavy atom. The summed E-state index contributed by atoms with van der Waals surface area (Å²) in [5.74, 6) is 0.292. The van der Waals surface area contributed by atoms with E-state index in [-0.39, 0.29) is 18.4 Å². The van der Waals surface area contributed by atoms with E-state index in [1.165, 1.54) is 12.1 Å². The fourth-order valence-corrected chi connectivity index (χ4v) is 4.40. The van der Waals surface area contributed by atoms with Gasteiger partial charge < -0.3 is 9.80 Å². The highest BCUT2D eigenvalue weighted by Gasteiger charge is 2.27. The third kappa shape index (κ3) is 4.36. The van der Waals surface area contributed by atoms with Crippen LogP contribution in [0.25, 0.3) is 0 Å². The van der Waals surface area contributed by atoms with Gasteiger partial charge in [0.05, 0.1) is 11.9 Å². The van der Waals surface area contributed by atoms with Crippen molar-refractivity contribution in [2.75, 3.05) is 19.6 Å². The van der Waals surface area contributed by atoms with Crippen LogP contribution in [0.1, 0.15) is 48.2 Å². The molecule has 2 aliphatic rings. The first-order chi connectivity index (χ1) is 14.0. The number of piperidine rings is 1. The number of carbonyl (C=O) groups excluding carboxylic acids is 2. The number of nitrogens with zero attached hydrogens (tertiary/aromatic N) is 6. The van der Waals surface area contributed by atoms with Crippen molar-refractivity contribution in [1.29, 1.82) is 0 Å². The largest absolute Gasteiger partial charge is 0.343 e. The fraction of sp³-hybridized carbons (Fsp3) is 0.619. The van der Waals surface area contributed by atoms with Crippen LogP contribution in [0, 0.1) is 6.92 Å². The number of carbonyl (C=O) groups is 2. The summed E-state index contributed by atoms with van der Waals surface area (Å²) in [7, 11) is 1.96. The molecule has 0 N–H and O–H groups in total. The number of fused-ring (bicyclic) bond motifs is 1. The summed E-state index contributed by atoms with van der Waals surface area (Å²) in [5.41, 5.74) is 4.31. The standard InChI is InChI=1S/C21H30N6O2/c1-16-12-22-27(13-16)15-21(29)26-11-8-19-17(14-26)18(23-24(19)2)6-7-20(28)25-9-4-3-5-10-25/h12-13H,3-11,14-15H2,1-2H3. The maximum absolute atomic E-state index is 12.8. The summed E-state index contributed by atoms with van der Waals surface area (Å²) in [6.07, 6.45) is 9.01. The van der Waals surface area contributed by atoms with Crippen LogP contribution >= 0.6 is 0 Å². The van der Waals surface area contributed by atoms with Crippen molar-refractivity contribution in [3.63, 3.8) is 0 Å². The number of amides is 2. The molecule has 0 unspecified atom stereocenters. The molecule has 29 heavy (non-hydrogen) atoms. The second-order valence-corrected chi connectivity index (χ2v) is 8.22. The maximum atomic E-state index is 12.8. The molecule has 0 aromatic carbocycles. The summed E-state index contributed by atoms with van der Waals surface area (Å²) in [6, 6.07) is 0. The van der Waals surface area contributed by atoms with Gasteiger partial charge in [-0.15, -0.1) is 0 Å². The highest BCUT2D eigenvalue weighted by Crippen LogP contribution is 2.24. The van der Waals surface area contributed by atoms with E-state index in [0.29, 0.717) is 25.9 Å². The molecule has 156 valence electrons. The number of rotatable bonds is 5. The molecule has 8 heteroatoms. The summed E-state index contributed by atoms with van der Waals surface area (Å²) >= 11 is 0. The number of aromatic nitrogens is 4. The predicted molar refractivity (Wildman–Crippen MR) is 108 cm³/mol. The maximum Gasteiger partial charge on any atom is 0.244 e. The Kier molecular flexibility index (Phi) is 5.69. The average molecular weight is 399 g/mol. The van der Waals surface area contributed by atoms with Crippen LogP contribution in [-0.2, 0) is 42.6 Å². The van der Waals surface area contributed by atoms with Crippen LogP contribution in [0.5, 0.6) is 0 Å². The Hall–Kier alpha value is -2.64. The van der Waals surface area contributed by atoms with E-state index in [0.717, 1.165) is 49.2 Å². The summed E-state index contributed by atoms with van der Waals surface area (Å²) in [6.45, 7) is 5.25. The van der Waals surface area contributed by atoms with Gasteiger partial charge in [0.1, 0.15) is 6.54 Å². The van der Waals surface area contributed by atoms with E-state index in [1.54, 1.807) is 10.9 Å². The summed E-state index contributed by atoms with van der Waals surface area (Å²) in [4.78, 5) is 29.2. The molecule has 2 aliphatic heterocycles. The smallest absolute Gasteiger partial charge is 0.244 e. The van der Waals surface area contributed by atoms with Crippen molar-refractivity contribution in [3.8, 4) is 0 Å². The van der Waals surface area contributed by atoms with Gasteiger partial charge in [-0.05, 0) is 31.7 Å². The third-order valence-corrected chi connectivity index (χ3v) is 6.02. The van der Waals surface area contributed by atoms with E-state index in [4.69, 9.17) is 0 Å². The lowest BCUT2D eigenvalue weighted by atomic mass is 10.0. The van der Waals surface area contributed by atoms with Crippen LogP contribution in [0.15, 0.2) is 12.4 Å². The third-order valence-electron chi connectivity index (χ3n) is 6.02. The van der Waals surface area contributed by atoms with E-state index >= 15 is 0 Å². The Labute approximate surface area is 171 Å². The second kappa shape index (κ2) is 8.39. The van der Waals surface area contributed by atoms with Gasteiger partial charge >= 0.3 is 0 Å². The normalized spacial score (nSPS) is 16.8. The minimum atomic E-state index is 0.0675. The van der Waals surface area contributed by atoms with Crippen LogP contribution in [0.3, 0.4) is 0 Å². The van der Waals surface area contributed by atoms with Gasteiger partial charge in [0.25, 0.3) is 0 Å². The zero-order valence-corrected chi connectivity index (χ0v) is 17.4. The monoisotopic (exact) mass is 398 g/mol. The lowest BCUT2D eigenvalue weighted by Crippen LogP contribution is -2.38. The van der Waals surface area contributed by atoms with Crippen LogP contribution in [-0.4, -0.2) is 60.8 Å². The molecule has 2 aromatic rings. The van der Waals surface area contributed by atoms with Crippen molar-refractivity contribution >= 4 is 11.8 Å². The Balaban J connectivity index is 1.40. The van der Waals surface area contributed by atoms with Crippen LogP contribution < -0.4 is 0 Å². The Morgan fingerprint density at radius 1 is 1.07 bits per heavy atom. The van der Waals surface area contributed by atoms with E-state index in [2.05, 4.69) is 10.2 Å². The summed E-state index contributed by atoms with van der Waals surface area (Å²) in [5, 5.41) is 8.90. The van der Waals surface area contributed by atoms with Gasteiger partial charge in [-0.1, -0.05) is 0 Å². The van der Waals surface area contributed by atoms with Gasteiger partial charge in [0.2, 0.25) is 11.8 Å². The molecule has 2 aromatic heterocycles. The highest BCUT2D eigenvalue weighted by atomic mass is 16.2. The SMILES string of the molecule is Cc1cnn(CC(=O)N2CCc3c(c(CCC(=O)N4CCCCC4)nn3C)C2)c1. The van der Waals surface area contributed by atoms with Gasteiger partial charge in [-0.25, -0.2) is 0 Å². The molecule has 4 heterocycles. The topological polar surface area (TPSA) is 76.3 Å².